The molecule has 0 fully saturated rings. The van der Waals surface area contributed by atoms with E-state index in [2.05, 4.69) is 15.9 Å². The second-order valence-electron chi connectivity index (χ2n) is 2.54. The maximum absolute atomic E-state index is 11.6. The van der Waals surface area contributed by atoms with E-state index < -0.39 is 0 Å². The SMILES string of the molecule is O=C(c1ccc(Cl)o1)c1ccc(Br)o1. The van der Waals surface area contributed by atoms with Gasteiger partial charge in [-0.2, -0.15) is 0 Å². The van der Waals surface area contributed by atoms with Gasteiger partial charge >= 0.3 is 0 Å². The quantitative estimate of drug-likeness (QED) is 0.788. The Morgan fingerprint density at radius 1 is 1.14 bits per heavy atom. The lowest BCUT2D eigenvalue weighted by atomic mass is 10.2. The lowest BCUT2D eigenvalue weighted by Gasteiger charge is -1.90. The first-order chi connectivity index (χ1) is 6.66. The molecule has 0 amide bonds. The molecule has 0 aliphatic carbocycles. The van der Waals surface area contributed by atoms with Crippen LogP contribution >= 0.6 is 27.5 Å². The van der Waals surface area contributed by atoms with Crippen LogP contribution in [0.4, 0.5) is 0 Å². The van der Waals surface area contributed by atoms with Crippen LogP contribution < -0.4 is 0 Å². The minimum atomic E-state index is -0.331. The molecule has 72 valence electrons. The molecule has 2 aromatic heterocycles. The van der Waals surface area contributed by atoms with E-state index >= 15 is 0 Å². The lowest BCUT2D eigenvalue weighted by Crippen LogP contribution is -1.96. The molecule has 2 heterocycles. The van der Waals surface area contributed by atoms with Crippen LogP contribution in [0.3, 0.4) is 0 Å². The summed E-state index contributed by atoms with van der Waals surface area (Å²) in [7, 11) is 0. The molecule has 0 bridgehead atoms. The van der Waals surface area contributed by atoms with Crippen molar-refractivity contribution in [1.82, 2.24) is 0 Å². The van der Waals surface area contributed by atoms with Gasteiger partial charge in [0.1, 0.15) is 0 Å². The molecular formula is C9H4BrClO3. The van der Waals surface area contributed by atoms with Gasteiger partial charge in [-0.25, -0.2) is 0 Å². The minimum absolute atomic E-state index is 0.164. The van der Waals surface area contributed by atoms with Crippen molar-refractivity contribution in [3.63, 3.8) is 0 Å². The van der Waals surface area contributed by atoms with Gasteiger partial charge in [-0.3, -0.25) is 4.79 Å². The molecule has 0 spiro atoms. The number of furan rings is 2. The fourth-order valence-corrected chi connectivity index (χ4v) is 1.45. The van der Waals surface area contributed by atoms with E-state index in [4.69, 9.17) is 20.4 Å². The third-order valence-electron chi connectivity index (χ3n) is 1.59. The zero-order valence-corrected chi connectivity index (χ0v) is 9.13. The van der Waals surface area contributed by atoms with E-state index in [0.29, 0.717) is 4.67 Å². The lowest BCUT2D eigenvalue weighted by molar-refractivity contribution is 0.0982. The second-order valence-corrected chi connectivity index (χ2v) is 3.69. The Hall–Kier alpha value is -1.000. The highest BCUT2D eigenvalue weighted by Crippen LogP contribution is 2.20. The van der Waals surface area contributed by atoms with Gasteiger partial charge in [0.15, 0.2) is 21.4 Å². The van der Waals surface area contributed by atoms with Crippen molar-refractivity contribution in [2.75, 3.05) is 0 Å². The van der Waals surface area contributed by atoms with Crippen LogP contribution in [0.15, 0.2) is 37.8 Å². The molecule has 14 heavy (non-hydrogen) atoms. The summed E-state index contributed by atoms with van der Waals surface area (Å²) in [4.78, 5) is 11.6. The third kappa shape index (κ3) is 1.76. The highest BCUT2D eigenvalue weighted by Gasteiger charge is 2.16. The Kier molecular flexibility index (Phi) is 2.48. The average Bonchev–Trinajstić information content (AvgIpc) is 2.73. The molecule has 2 aromatic rings. The third-order valence-corrected chi connectivity index (χ3v) is 2.22. The number of rotatable bonds is 2. The normalized spacial score (nSPS) is 10.4. The first-order valence-electron chi connectivity index (χ1n) is 3.72. The fraction of sp³-hybridized carbons (Fsp3) is 0. The van der Waals surface area contributed by atoms with Gasteiger partial charge < -0.3 is 8.83 Å². The molecule has 3 nitrogen and oxygen atoms in total. The van der Waals surface area contributed by atoms with E-state index in [1.807, 2.05) is 0 Å². The van der Waals surface area contributed by atoms with Crippen LogP contribution in [0.1, 0.15) is 16.3 Å². The van der Waals surface area contributed by atoms with E-state index in [9.17, 15) is 4.79 Å². The van der Waals surface area contributed by atoms with Crippen LogP contribution in [-0.4, -0.2) is 5.78 Å². The van der Waals surface area contributed by atoms with Crippen molar-refractivity contribution in [2.45, 2.75) is 0 Å². The molecular weight excluding hydrogens is 271 g/mol. The molecule has 0 unspecified atom stereocenters. The highest BCUT2D eigenvalue weighted by molar-refractivity contribution is 9.10. The van der Waals surface area contributed by atoms with Crippen LogP contribution in [0, 0.1) is 0 Å². The molecule has 0 saturated heterocycles. The van der Waals surface area contributed by atoms with Crippen molar-refractivity contribution in [3.8, 4) is 0 Å². The van der Waals surface area contributed by atoms with Crippen LogP contribution in [0.2, 0.25) is 5.22 Å². The Bertz CT molecular complexity index is 430. The summed E-state index contributed by atoms with van der Waals surface area (Å²) in [5.74, 6) is 0.0438. The number of halogens is 2. The first-order valence-corrected chi connectivity index (χ1v) is 4.89. The zero-order chi connectivity index (χ0) is 10.1. The molecule has 2 rings (SSSR count). The monoisotopic (exact) mass is 274 g/mol. The maximum atomic E-state index is 11.6. The van der Waals surface area contributed by atoms with Gasteiger partial charge in [0, 0.05) is 0 Å². The van der Waals surface area contributed by atoms with Crippen LogP contribution in [0.25, 0.3) is 0 Å². The van der Waals surface area contributed by atoms with Gasteiger partial charge in [-0.1, -0.05) is 0 Å². The smallest absolute Gasteiger partial charge is 0.263 e. The minimum Gasteiger partial charge on any atom is -0.446 e. The molecule has 0 saturated carbocycles. The van der Waals surface area contributed by atoms with Crippen molar-refractivity contribution in [3.05, 3.63) is 45.7 Å². The summed E-state index contributed by atoms with van der Waals surface area (Å²) in [6.07, 6.45) is 0. The summed E-state index contributed by atoms with van der Waals surface area (Å²) in [5, 5.41) is 0.180. The Morgan fingerprint density at radius 3 is 2.29 bits per heavy atom. The van der Waals surface area contributed by atoms with Gasteiger partial charge in [-0.05, 0) is 51.8 Å². The average molecular weight is 275 g/mol. The summed E-state index contributed by atoms with van der Waals surface area (Å²) < 4.78 is 10.5. The molecule has 0 aliphatic rings. The predicted octanol–water partition coefficient (Wildman–Crippen LogP) is 3.52. The molecule has 0 aliphatic heterocycles. The van der Waals surface area contributed by atoms with E-state index in [1.165, 1.54) is 12.1 Å². The summed E-state index contributed by atoms with van der Waals surface area (Å²) in [6.45, 7) is 0. The van der Waals surface area contributed by atoms with Gasteiger partial charge in [-0.15, -0.1) is 0 Å². The van der Waals surface area contributed by atoms with Crippen LogP contribution in [-0.2, 0) is 0 Å². The van der Waals surface area contributed by atoms with Crippen molar-refractivity contribution < 1.29 is 13.6 Å². The van der Waals surface area contributed by atoms with Gasteiger partial charge in [0.05, 0.1) is 0 Å². The van der Waals surface area contributed by atoms with Crippen LogP contribution in [0.5, 0.6) is 0 Å². The fourth-order valence-electron chi connectivity index (χ4n) is 0.994. The largest absolute Gasteiger partial charge is 0.446 e. The number of carbonyl (C=O) groups excluding carboxylic acids is 1. The van der Waals surface area contributed by atoms with Crippen molar-refractivity contribution >= 4 is 33.3 Å². The summed E-state index contributed by atoms with van der Waals surface area (Å²) >= 11 is 8.64. The van der Waals surface area contributed by atoms with Crippen molar-refractivity contribution in [2.24, 2.45) is 0 Å². The number of hydrogen-bond acceptors (Lipinski definition) is 3. The summed E-state index contributed by atoms with van der Waals surface area (Å²) in [6, 6.07) is 6.20. The number of carbonyl (C=O) groups is 1. The predicted molar refractivity (Wildman–Crippen MR) is 53.6 cm³/mol. The van der Waals surface area contributed by atoms with E-state index in [0.717, 1.165) is 0 Å². The first kappa shape index (κ1) is 9.55. The van der Waals surface area contributed by atoms with E-state index in [-0.39, 0.29) is 22.5 Å². The second kappa shape index (κ2) is 3.63. The molecule has 0 radical (unpaired) electrons. The number of ketones is 1. The Labute approximate surface area is 92.8 Å². The topological polar surface area (TPSA) is 43.4 Å². The molecule has 0 atom stereocenters. The molecule has 5 heteroatoms. The zero-order valence-electron chi connectivity index (χ0n) is 6.79. The molecule has 0 N–H and O–H groups in total. The standard InChI is InChI=1S/C9H4BrClO3/c10-7-3-1-5(13-7)9(12)6-2-4-8(11)14-6/h1-4H. The summed E-state index contributed by atoms with van der Waals surface area (Å²) in [5.41, 5.74) is 0. The van der Waals surface area contributed by atoms with E-state index in [1.54, 1.807) is 12.1 Å². The Balaban J connectivity index is 2.33. The van der Waals surface area contributed by atoms with Crippen molar-refractivity contribution in [1.29, 1.82) is 0 Å². The van der Waals surface area contributed by atoms with Gasteiger partial charge in [0.25, 0.3) is 5.78 Å². The maximum Gasteiger partial charge on any atom is 0.263 e. The highest BCUT2D eigenvalue weighted by atomic mass is 79.9. The Morgan fingerprint density at radius 2 is 1.79 bits per heavy atom. The van der Waals surface area contributed by atoms with Gasteiger partial charge in [0.2, 0.25) is 0 Å². The molecule has 0 aromatic carbocycles. The number of hydrogen-bond donors (Lipinski definition) is 0.